The van der Waals surface area contributed by atoms with Crippen molar-refractivity contribution in [1.82, 2.24) is 20.4 Å². The fourth-order valence-corrected chi connectivity index (χ4v) is 3.52. The van der Waals surface area contributed by atoms with Crippen molar-refractivity contribution in [3.63, 3.8) is 0 Å². The molecule has 0 unspecified atom stereocenters. The van der Waals surface area contributed by atoms with Gasteiger partial charge in [-0.1, -0.05) is 11.2 Å². The van der Waals surface area contributed by atoms with Gasteiger partial charge in [0.25, 0.3) is 5.91 Å². The summed E-state index contributed by atoms with van der Waals surface area (Å²) in [6.07, 6.45) is 2.10. The van der Waals surface area contributed by atoms with E-state index < -0.39 is 0 Å². The van der Waals surface area contributed by atoms with Crippen LogP contribution in [0.3, 0.4) is 0 Å². The summed E-state index contributed by atoms with van der Waals surface area (Å²) in [6, 6.07) is 5.77. The lowest BCUT2D eigenvalue weighted by Crippen LogP contribution is -2.35. The quantitative estimate of drug-likeness (QED) is 0.662. The van der Waals surface area contributed by atoms with E-state index in [0.29, 0.717) is 30.2 Å². The summed E-state index contributed by atoms with van der Waals surface area (Å²) >= 11 is 1.64. The fraction of sp³-hybridized carbons (Fsp3) is 0.389. The number of thiophene rings is 1. The molecule has 3 aromatic rings. The van der Waals surface area contributed by atoms with Crippen molar-refractivity contribution in [3.05, 3.63) is 57.8 Å². The van der Waals surface area contributed by atoms with E-state index in [4.69, 9.17) is 13.7 Å². The minimum absolute atomic E-state index is 0.181. The normalized spacial score (nSPS) is 15.1. The van der Waals surface area contributed by atoms with Crippen LogP contribution >= 0.6 is 11.3 Å². The standard InChI is InChI=1S/C18H20N4O4S/c23-18(13-8-14(25-12-13)11-22-3-5-24-6-4-22)19-10-17-20-16(21-26-17)9-15-2-1-7-27-15/h1-2,7-8,12H,3-6,9-11H2,(H,19,23). The second-order valence-electron chi connectivity index (χ2n) is 6.23. The third kappa shape index (κ3) is 4.82. The third-order valence-electron chi connectivity index (χ3n) is 4.22. The number of ether oxygens (including phenoxy) is 1. The Bertz CT molecular complexity index is 868. The van der Waals surface area contributed by atoms with Gasteiger partial charge in [-0.2, -0.15) is 4.98 Å². The first-order valence-electron chi connectivity index (χ1n) is 8.76. The average molecular weight is 388 g/mol. The first-order valence-corrected chi connectivity index (χ1v) is 9.64. The van der Waals surface area contributed by atoms with Crippen LogP contribution in [-0.4, -0.2) is 47.3 Å². The lowest BCUT2D eigenvalue weighted by atomic mass is 10.2. The molecule has 4 rings (SSSR count). The topological polar surface area (TPSA) is 93.6 Å². The van der Waals surface area contributed by atoms with Crippen molar-refractivity contribution in [1.29, 1.82) is 0 Å². The van der Waals surface area contributed by atoms with Crippen LogP contribution in [-0.2, 0) is 24.2 Å². The second kappa shape index (κ2) is 8.47. The van der Waals surface area contributed by atoms with Crippen molar-refractivity contribution in [3.8, 4) is 0 Å². The number of nitrogens with zero attached hydrogens (tertiary/aromatic N) is 3. The number of aromatic nitrogens is 2. The molecule has 0 bridgehead atoms. The number of rotatable bonds is 7. The number of hydrogen-bond donors (Lipinski definition) is 1. The molecule has 0 radical (unpaired) electrons. The van der Waals surface area contributed by atoms with Gasteiger partial charge in [0.1, 0.15) is 12.0 Å². The molecule has 27 heavy (non-hydrogen) atoms. The summed E-state index contributed by atoms with van der Waals surface area (Å²) in [5.41, 5.74) is 0.483. The van der Waals surface area contributed by atoms with E-state index in [1.165, 1.54) is 6.26 Å². The first kappa shape index (κ1) is 17.9. The Morgan fingerprint density at radius 1 is 1.33 bits per heavy atom. The van der Waals surface area contributed by atoms with Gasteiger partial charge in [-0.3, -0.25) is 9.69 Å². The number of hydrogen-bond acceptors (Lipinski definition) is 8. The molecule has 0 saturated carbocycles. The molecule has 1 amide bonds. The van der Waals surface area contributed by atoms with E-state index >= 15 is 0 Å². The molecule has 1 saturated heterocycles. The van der Waals surface area contributed by atoms with Gasteiger partial charge in [-0.25, -0.2) is 0 Å². The number of nitrogens with one attached hydrogen (secondary N) is 1. The monoisotopic (exact) mass is 388 g/mol. The minimum atomic E-state index is -0.231. The summed E-state index contributed by atoms with van der Waals surface area (Å²) in [4.78, 5) is 20.0. The van der Waals surface area contributed by atoms with Gasteiger partial charge < -0.3 is 19.0 Å². The molecule has 0 aliphatic carbocycles. The van der Waals surface area contributed by atoms with E-state index in [1.807, 2.05) is 17.5 Å². The van der Waals surface area contributed by atoms with Gasteiger partial charge in [0.2, 0.25) is 5.89 Å². The Labute approximate surface area is 160 Å². The molecule has 9 heteroatoms. The van der Waals surface area contributed by atoms with E-state index in [1.54, 1.807) is 17.4 Å². The van der Waals surface area contributed by atoms with E-state index in [9.17, 15) is 4.79 Å². The maximum absolute atomic E-state index is 12.3. The number of amides is 1. The molecule has 0 spiro atoms. The van der Waals surface area contributed by atoms with E-state index in [0.717, 1.165) is 36.9 Å². The Balaban J connectivity index is 1.27. The van der Waals surface area contributed by atoms with Crippen molar-refractivity contribution < 1.29 is 18.5 Å². The molecule has 0 atom stereocenters. The minimum Gasteiger partial charge on any atom is -0.467 e. The zero-order valence-corrected chi connectivity index (χ0v) is 15.5. The number of carbonyl (C=O) groups is 1. The Morgan fingerprint density at radius 2 is 2.22 bits per heavy atom. The molecular weight excluding hydrogens is 368 g/mol. The highest BCUT2D eigenvalue weighted by Crippen LogP contribution is 2.14. The first-order chi connectivity index (χ1) is 13.3. The van der Waals surface area contributed by atoms with Crippen LogP contribution in [0.1, 0.15) is 32.7 Å². The summed E-state index contributed by atoms with van der Waals surface area (Å²) in [6.45, 7) is 4.05. The molecule has 3 aromatic heterocycles. The molecule has 4 heterocycles. The van der Waals surface area contributed by atoms with Crippen LogP contribution in [0.25, 0.3) is 0 Å². The van der Waals surface area contributed by atoms with Gasteiger partial charge in [0.15, 0.2) is 5.82 Å². The van der Waals surface area contributed by atoms with Gasteiger partial charge in [0.05, 0.1) is 31.9 Å². The number of carbonyl (C=O) groups excluding carboxylic acids is 1. The summed E-state index contributed by atoms with van der Waals surface area (Å²) in [5, 5.41) is 8.73. The van der Waals surface area contributed by atoms with Crippen molar-refractivity contribution in [2.75, 3.05) is 26.3 Å². The van der Waals surface area contributed by atoms with Crippen molar-refractivity contribution in [2.24, 2.45) is 0 Å². The third-order valence-corrected chi connectivity index (χ3v) is 5.10. The predicted octanol–water partition coefficient (Wildman–Crippen LogP) is 2.08. The highest BCUT2D eigenvalue weighted by molar-refractivity contribution is 7.09. The number of morpholine rings is 1. The fourth-order valence-electron chi connectivity index (χ4n) is 2.82. The average Bonchev–Trinajstić information content (AvgIpc) is 3.43. The summed E-state index contributed by atoms with van der Waals surface area (Å²) in [7, 11) is 0. The van der Waals surface area contributed by atoms with E-state index in [-0.39, 0.29) is 12.5 Å². The molecular formula is C18H20N4O4S. The molecule has 1 aliphatic rings. The largest absolute Gasteiger partial charge is 0.467 e. The van der Waals surface area contributed by atoms with Crippen LogP contribution < -0.4 is 5.32 Å². The van der Waals surface area contributed by atoms with Crippen molar-refractivity contribution >= 4 is 17.2 Å². The van der Waals surface area contributed by atoms with Crippen LogP contribution in [0.5, 0.6) is 0 Å². The van der Waals surface area contributed by atoms with Gasteiger partial charge in [-0.15, -0.1) is 11.3 Å². The maximum atomic E-state index is 12.3. The van der Waals surface area contributed by atoms with E-state index in [2.05, 4.69) is 20.4 Å². The molecule has 0 aromatic carbocycles. The highest BCUT2D eigenvalue weighted by atomic mass is 32.1. The maximum Gasteiger partial charge on any atom is 0.254 e. The molecule has 8 nitrogen and oxygen atoms in total. The Morgan fingerprint density at radius 3 is 3.04 bits per heavy atom. The van der Waals surface area contributed by atoms with Crippen molar-refractivity contribution in [2.45, 2.75) is 19.5 Å². The van der Waals surface area contributed by atoms with Crippen LogP contribution in [0, 0.1) is 0 Å². The van der Waals surface area contributed by atoms with Crippen LogP contribution in [0.4, 0.5) is 0 Å². The SMILES string of the molecule is O=C(NCc1nc(Cc2cccs2)no1)c1coc(CN2CCOCC2)c1. The summed E-state index contributed by atoms with van der Waals surface area (Å²) in [5.74, 6) is 1.52. The van der Waals surface area contributed by atoms with Crippen LogP contribution in [0.2, 0.25) is 0 Å². The molecule has 1 aliphatic heterocycles. The molecule has 142 valence electrons. The van der Waals surface area contributed by atoms with Crippen LogP contribution in [0.15, 0.2) is 38.8 Å². The smallest absolute Gasteiger partial charge is 0.254 e. The summed E-state index contributed by atoms with van der Waals surface area (Å²) < 4.78 is 16.0. The zero-order chi connectivity index (χ0) is 18.5. The molecule has 1 N–H and O–H groups in total. The second-order valence-corrected chi connectivity index (χ2v) is 7.27. The highest BCUT2D eigenvalue weighted by Gasteiger charge is 2.16. The lowest BCUT2D eigenvalue weighted by Gasteiger charge is -2.25. The number of furan rings is 1. The Hall–Kier alpha value is -2.49. The van der Waals surface area contributed by atoms with Gasteiger partial charge in [0, 0.05) is 24.4 Å². The van der Waals surface area contributed by atoms with Gasteiger partial charge >= 0.3 is 0 Å². The lowest BCUT2D eigenvalue weighted by molar-refractivity contribution is 0.0313. The van der Waals surface area contributed by atoms with Gasteiger partial charge in [-0.05, 0) is 17.5 Å². The molecule has 1 fully saturated rings. The Kier molecular flexibility index (Phi) is 5.61. The predicted molar refractivity (Wildman–Crippen MR) is 97.4 cm³/mol. The zero-order valence-electron chi connectivity index (χ0n) is 14.7.